The first-order valence-electron chi connectivity index (χ1n) is 11.1. The summed E-state index contributed by atoms with van der Waals surface area (Å²) in [6.45, 7) is 2.70. The molecule has 0 N–H and O–H groups in total. The molecule has 0 aliphatic carbocycles. The molecule has 2 heterocycles. The summed E-state index contributed by atoms with van der Waals surface area (Å²) in [5, 5.41) is 0.537. The van der Waals surface area contributed by atoms with E-state index in [0.717, 1.165) is 18.9 Å². The Labute approximate surface area is 200 Å². The van der Waals surface area contributed by atoms with Gasteiger partial charge < -0.3 is 9.15 Å². The molecule has 0 spiro atoms. The van der Waals surface area contributed by atoms with Crippen molar-refractivity contribution in [3.63, 3.8) is 0 Å². The number of carbonyl (C=O) groups is 1. The summed E-state index contributed by atoms with van der Waals surface area (Å²) in [5.74, 6) is -0.379. The number of halogens is 2. The van der Waals surface area contributed by atoms with Crippen LogP contribution >= 0.6 is 11.6 Å². The Morgan fingerprint density at radius 1 is 1.06 bits per heavy atom. The van der Waals surface area contributed by atoms with Crippen molar-refractivity contribution in [1.82, 2.24) is 0 Å². The third-order valence-corrected chi connectivity index (χ3v) is 6.12. The maximum Gasteiger partial charge on any atom is 0.295 e. The van der Waals surface area contributed by atoms with Gasteiger partial charge in [0.2, 0.25) is 5.76 Å². The first kappa shape index (κ1) is 22.2. The Morgan fingerprint density at radius 3 is 2.59 bits per heavy atom. The molecule has 1 aromatic heterocycles. The number of anilines is 1. The molecule has 0 saturated carbocycles. The molecule has 0 saturated heterocycles. The van der Waals surface area contributed by atoms with Crippen LogP contribution in [0.4, 0.5) is 10.1 Å². The van der Waals surface area contributed by atoms with E-state index in [1.165, 1.54) is 17.0 Å². The zero-order valence-electron chi connectivity index (χ0n) is 18.4. The van der Waals surface area contributed by atoms with Gasteiger partial charge in [-0.15, -0.1) is 0 Å². The first-order valence-corrected chi connectivity index (χ1v) is 11.4. The van der Waals surface area contributed by atoms with Gasteiger partial charge in [0.15, 0.2) is 5.43 Å². The number of carbonyl (C=O) groups excluding carboxylic acids is 1. The van der Waals surface area contributed by atoms with Crippen LogP contribution in [0.2, 0.25) is 5.02 Å². The lowest BCUT2D eigenvalue weighted by Gasteiger charge is -2.25. The second kappa shape index (κ2) is 8.95. The standard InChI is InChI=1S/C27H21ClFNO4/c1-2-3-13-33-20-10-7-16(8-11-20)24-23-25(31)21-15-18(29)9-12-22(21)34-26(23)27(32)30(24)19-6-4-5-17(28)14-19/h4-12,14-15,24H,2-3,13H2,1H3. The normalized spacial score (nSPS) is 15.1. The fourth-order valence-corrected chi connectivity index (χ4v) is 4.42. The van der Waals surface area contributed by atoms with Crippen LogP contribution in [0, 0.1) is 5.82 Å². The highest BCUT2D eigenvalue weighted by atomic mass is 35.5. The predicted octanol–water partition coefficient (Wildman–Crippen LogP) is 6.51. The van der Waals surface area contributed by atoms with Crippen LogP contribution in [-0.4, -0.2) is 12.5 Å². The third kappa shape index (κ3) is 3.84. The van der Waals surface area contributed by atoms with Gasteiger partial charge in [-0.2, -0.15) is 0 Å². The first-order chi connectivity index (χ1) is 16.5. The van der Waals surface area contributed by atoms with E-state index in [4.69, 9.17) is 20.8 Å². The highest BCUT2D eigenvalue weighted by Gasteiger charge is 2.43. The molecular weight excluding hydrogens is 457 g/mol. The number of hydrogen-bond acceptors (Lipinski definition) is 4. The summed E-state index contributed by atoms with van der Waals surface area (Å²) in [4.78, 5) is 28.6. The molecule has 5 rings (SSSR count). The number of ether oxygens (including phenoxy) is 1. The Balaban J connectivity index is 1.68. The van der Waals surface area contributed by atoms with Gasteiger partial charge in [-0.3, -0.25) is 14.5 Å². The van der Waals surface area contributed by atoms with Gasteiger partial charge in [0, 0.05) is 10.7 Å². The molecule has 1 aliphatic rings. The van der Waals surface area contributed by atoms with Crippen molar-refractivity contribution in [2.24, 2.45) is 0 Å². The highest BCUT2D eigenvalue weighted by molar-refractivity contribution is 6.31. The van der Waals surface area contributed by atoms with Crippen molar-refractivity contribution in [2.75, 3.05) is 11.5 Å². The number of hydrogen-bond donors (Lipinski definition) is 0. The van der Waals surface area contributed by atoms with Crippen LogP contribution in [0.1, 0.15) is 47.5 Å². The van der Waals surface area contributed by atoms with E-state index in [1.54, 1.807) is 24.3 Å². The molecule has 0 fully saturated rings. The lowest BCUT2D eigenvalue weighted by Crippen LogP contribution is -2.29. The van der Waals surface area contributed by atoms with Crippen LogP contribution < -0.4 is 15.1 Å². The van der Waals surface area contributed by atoms with Gasteiger partial charge in [0.1, 0.15) is 17.1 Å². The van der Waals surface area contributed by atoms with Gasteiger partial charge in [0.25, 0.3) is 5.91 Å². The average molecular weight is 478 g/mol. The fraction of sp³-hybridized carbons (Fsp3) is 0.185. The van der Waals surface area contributed by atoms with Gasteiger partial charge in [-0.1, -0.05) is 43.1 Å². The molecule has 7 heteroatoms. The lowest BCUT2D eigenvalue weighted by molar-refractivity contribution is 0.0971. The van der Waals surface area contributed by atoms with Crippen molar-refractivity contribution in [3.05, 3.63) is 105 Å². The van der Waals surface area contributed by atoms with E-state index < -0.39 is 23.2 Å². The van der Waals surface area contributed by atoms with E-state index in [2.05, 4.69) is 6.92 Å². The molecule has 1 aliphatic heterocycles. The predicted molar refractivity (Wildman–Crippen MR) is 129 cm³/mol. The van der Waals surface area contributed by atoms with E-state index in [-0.39, 0.29) is 22.3 Å². The maximum absolute atomic E-state index is 13.9. The van der Waals surface area contributed by atoms with Crippen molar-refractivity contribution < 1.29 is 18.3 Å². The largest absolute Gasteiger partial charge is 0.494 e. The zero-order valence-corrected chi connectivity index (χ0v) is 19.1. The summed E-state index contributed by atoms with van der Waals surface area (Å²) in [6, 6.07) is 17.0. The number of amides is 1. The second-order valence-corrected chi connectivity index (χ2v) is 8.58. The monoisotopic (exact) mass is 477 g/mol. The van der Waals surface area contributed by atoms with Gasteiger partial charge in [-0.05, 0) is 60.5 Å². The Kier molecular flexibility index (Phi) is 5.84. The SMILES string of the molecule is CCCCOc1ccc(C2c3c(oc4ccc(F)cc4c3=O)C(=O)N2c2cccc(Cl)c2)cc1. The Bertz CT molecular complexity index is 1450. The molecule has 5 nitrogen and oxygen atoms in total. The molecule has 34 heavy (non-hydrogen) atoms. The van der Waals surface area contributed by atoms with E-state index in [0.29, 0.717) is 28.6 Å². The maximum atomic E-state index is 13.9. The molecular formula is C27H21ClFNO4. The van der Waals surface area contributed by atoms with Crippen LogP contribution in [0.3, 0.4) is 0 Å². The molecule has 1 atom stereocenters. The van der Waals surface area contributed by atoms with Crippen molar-refractivity contribution in [3.8, 4) is 5.75 Å². The van der Waals surface area contributed by atoms with Gasteiger partial charge >= 0.3 is 0 Å². The minimum Gasteiger partial charge on any atom is -0.494 e. The average Bonchev–Trinajstić information content (AvgIpc) is 3.13. The van der Waals surface area contributed by atoms with E-state index in [9.17, 15) is 14.0 Å². The quantitative estimate of drug-likeness (QED) is 0.297. The zero-order chi connectivity index (χ0) is 23.8. The summed E-state index contributed by atoms with van der Waals surface area (Å²) in [6.07, 6.45) is 1.97. The number of rotatable bonds is 6. The number of benzene rings is 3. The summed E-state index contributed by atoms with van der Waals surface area (Å²) >= 11 is 6.21. The summed E-state index contributed by atoms with van der Waals surface area (Å²) < 4.78 is 25.6. The minimum atomic E-state index is -0.769. The Morgan fingerprint density at radius 2 is 1.85 bits per heavy atom. The van der Waals surface area contributed by atoms with Crippen LogP contribution in [-0.2, 0) is 0 Å². The van der Waals surface area contributed by atoms with Gasteiger partial charge in [-0.25, -0.2) is 4.39 Å². The topological polar surface area (TPSA) is 59.8 Å². The summed E-state index contributed by atoms with van der Waals surface area (Å²) in [7, 11) is 0. The smallest absolute Gasteiger partial charge is 0.295 e. The molecule has 0 radical (unpaired) electrons. The minimum absolute atomic E-state index is 0.0580. The van der Waals surface area contributed by atoms with Crippen LogP contribution in [0.5, 0.6) is 5.75 Å². The molecule has 0 bridgehead atoms. The molecule has 1 unspecified atom stereocenters. The van der Waals surface area contributed by atoms with Crippen LogP contribution in [0.15, 0.2) is 75.9 Å². The van der Waals surface area contributed by atoms with Crippen molar-refractivity contribution in [2.45, 2.75) is 25.8 Å². The second-order valence-electron chi connectivity index (χ2n) is 8.14. The number of fused-ring (bicyclic) bond motifs is 2. The van der Waals surface area contributed by atoms with Gasteiger partial charge in [0.05, 0.1) is 23.6 Å². The summed E-state index contributed by atoms with van der Waals surface area (Å²) in [5.41, 5.74) is 1.10. The van der Waals surface area contributed by atoms with E-state index >= 15 is 0 Å². The third-order valence-electron chi connectivity index (χ3n) is 5.88. The van der Waals surface area contributed by atoms with Crippen molar-refractivity contribution >= 4 is 34.2 Å². The number of unbranched alkanes of at least 4 members (excludes halogenated alkanes) is 1. The molecule has 3 aromatic carbocycles. The molecule has 4 aromatic rings. The molecule has 1 amide bonds. The van der Waals surface area contributed by atoms with Crippen LogP contribution in [0.25, 0.3) is 11.0 Å². The van der Waals surface area contributed by atoms with E-state index in [1.807, 2.05) is 24.3 Å². The lowest BCUT2D eigenvalue weighted by atomic mass is 9.98. The van der Waals surface area contributed by atoms with Crippen molar-refractivity contribution in [1.29, 1.82) is 0 Å². The Hall–Kier alpha value is -3.64. The fourth-order valence-electron chi connectivity index (χ4n) is 4.23. The molecule has 172 valence electrons. The highest BCUT2D eigenvalue weighted by Crippen LogP contribution is 2.42. The number of nitrogens with zero attached hydrogens (tertiary/aromatic N) is 1.